The summed E-state index contributed by atoms with van der Waals surface area (Å²) in [5.41, 5.74) is 1.23. The summed E-state index contributed by atoms with van der Waals surface area (Å²) in [5.74, 6) is -0.208. The molecule has 0 spiro atoms. The third-order valence-corrected chi connectivity index (χ3v) is 4.34. The Morgan fingerprint density at radius 1 is 1.52 bits per heavy atom. The first-order valence-corrected chi connectivity index (χ1v) is 7.92. The molecule has 8 heteroatoms. The summed E-state index contributed by atoms with van der Waals surface area (Å²) in [6.07, 6.45) is 3.77. The van der Waals surface area contributed by atoms with Crippen molar-refractivity contribution in [1.29, 1.82) is 0 Å². The first-order valence-electron chi connectivity index (χ1n) is 7.04. The Kier molecular flexibility index (Phi) is 4.26. The quantitative estimate of drug-likeness (QED) is 0.876. The highest BCUT2D eigenvalue weighted by atomic mass is 32.1. The van der Waals surface area contributed by atoms with Crippen LogP contribution in [0.3, 0.4) is 0 Å². The van der Waals surface area contributed by atoms with Crippen molar-refractivity contribution in [3.8, 4) is 0 Å². The van der Waals surface area contributed by atoms with Crippen LogP contribution in [0.15, 0.2) is 11.6 Å². The van der Waals surface area contributed by atoms with Crippen LogP contribution in [-0.4, -0.2) is 39.0 Å². The minimum absolute atomic E-state index is 0.208. The van der Waals surface area contributed by atoms with Crippen molar-refractivity contribution in [3.63, 3.8) is 0 Å². The molecule has 0 saturated carbocycles. The zero-order valence-corrected chi connectivity index (χ0v) is 12.7. The van der Waals surface area contributed by atoms with Crippen molar-refractivity contribution in [3.05, 3.63) is 28.0 Å². The monoisotopic (exact) mass is 306 g/mol. The summed E-state index contributed by atoms with van der Waals surface area (Å²) < 4.78 is 1.81. The number of hydrogen-bond donors (Lipinski definition) is 2. The van der Waals surface area contributed by atoms with Crippen LogP contribution in [0.4, 0.5) is 0 Å². The standard InChI is InChI=1S/C13H18N6OS/c1-9-16-10(8-21-9)6-15-13(20)12-7-19(18-17-12)11-2-4-14-5-3-11/h7-8,11,14H,2-6H2,1H3,(H,15,20). The van der Waals surface area contributed by atoms with Crippen LogP contribution in [0.25, 0.3) is 0 Å². The number of piperidine rings is 1. The fraction of sp³-hybridized carbons (Fsp3) is 0.538. The maximum absolute atomic E-state index is 12.1. The number of carbonyl (C=O) groups is 1. The van der Waals surface area contributed by atoms with Gasteiger partial charge in [0.15, 0.2) is 5.69 Å². The molecule has 2 aromatic rings. The Hall–Kier alpha value is -1.80. The summed E-state index contributed by atoms with van der Waals surface area (Å²) >= 11 is 1.57. The second-order valence-corrected chi connectivity index (χ2v) is 6.17. The lowest BCUT2D eigenvalue weighted by Crippen LogP contribution is -2.29. The molecule has 2 aromatic heterocycles. The first-order chi connectivity index (χ1) is 10.2. The number of hydrogen-bond acceptors (Lipinski definition) is 6. The SMILES string of the molecule is Cc1nc(CNC(=O)c2cn(C3CCNCC3)nn2)cs1. The van der Waals surface area contributed by atoms with E-state index in [1.807, 2.05) is 17.0 Å². The Bertz CT molecular complexity index is 616. The van der Waals surface area contributed by atoms with Crippen LogP contribution < -0.4 is 10.6 Å². The molecule has 1 aliphatic rings. The predicted octanol–water partition coefficient (Wildman–Crippen LogP) is 0.898. The molecule has 0 bridgehead atoms. The van der Waals surface area contributed by atoms with E-state index in [1.165, 1.54) is 0 Å². The Labute approximate surface area is 126 Å². The molecule has 7 nitrogen and oxygen atoms in total. The molecule has 0 aliphatic carbocycles. The number of rotatable bonds is 4. The highest BCUT2D eigenvalue weighted by Gasteiger charge is 2.18. The fourth-order valence-electron chi connectivity index (χ4n) is 2.38. The van der Waals surface area contributed by atoms with Crippen LogP contribution in [0.2, 0.25) is 0 Å². The summed E-state index contributed by atoms with van der Waals surface area (Å²) in [7, 11) is 0. The largest absolute Gasteiger partial charge is 0.345 e. The van der Waals surface area contributed by atoms with Gasteiger partial charge >= 0.3 is 0 Å². The van der Waals surface area contributed by atoms with Gasteiger partial charge in [0.25, 0.3) is 5.91 Å². The van der Waals surface area contributed by atoms with Crippen LogP contribution in [0, 0.1) is 6.92 Å². The number of thiazole rings is 1. The lowest BCUT2D eigenvalue weighted by atomic mass is 10.1. The summed E-state index contributed by atoms with van der Waals surface area (Å²) in [4.78, 5) is 16.4. The lowest BCUT2D eigenvalue weighted by Gasteiger charge is -2.22. The minimum atomic E-state index is -0.208. The summed E-state index contributed by atoms with van der Waals surface area (Å²) in [5, 5.41) is 17.1. The molecule has 1 saturated heterocycles. The Morgan fingerprint density at radius 2 is 2.33 bits per heavy atom. The van der Waals surface area contributed by atoms with Gasteiger partial charge in [-0.2, -0.15) is 0 Å². The highest BCUT2D eigenvalue weighted by Crippen LogP contribution is 2.17. The molecular weight excluding hydrogens is 288 g/mol. The maximum atomic E-state index is 12.1. The zero-order valence-electron chi connectivity index (χ0n) is 11.9. The van der Waals surface area contributed by atoms with Crippen LogP contribution in [0.1, 0.15) is 40.1 Å². The van der Waals surface area contributed by atoms with E-state index < -0.39 is 0 Å². The zero-order chi connectivity index (χ0) is 14.7. The van der Waals surface area contributed by atoms with Crippen molar-refractivity contribution in [1.82, 2.24) is 30.6 Å². The second kappa shape index (κ2) is 6.31. The fourth-order valence-corrected chi connectivity index (χ4v) is 2.99. The molecule has 21 heavy (non-hydrogen) atoms. The van der Waals surface area contributed by atoms with E-state index in [2.05, 4.69) is 25.9 Å². The number of aromatic nitrogens is 4. The number of nitrogens with one attached hydrogen (secondary N) is 2. The van der Waals surface area contributed by atoms with E-state index in [9.17, 15) is 4.79 Å². The molecule has 0 atom stereocenters. The average Bonchev–Trinajstić information content (AvgIpc) is 3.15. The molecule has 112 valence electrons. The number of nitrogens with zero attached hydrogens (tertiary/aromatic N) is 4. The molecular formula is C13H18N6OS. The minimum Gasteiger partial charge on any atom is -0.345 e. The summed E-state index contributed by atoms with van der Waals surface area (Å²) in [6, 6.07) is 0.335. The molecule has 1 fully saturated rings. The Balaban J connectivity index is 1.58. The second-order valence-electron chi connectivity index (χ2n) is 5.11. The van der Waals surface area contributed by atoms with Crippen LogP contribution >= 0.6 is 11.3 Å². The average molecular weight is 306 g/mol. The molecule has 1 aliphatic heterocycles. The molecule has 0 unspecified atom stereocenters. The van der Waals surface area contributed by atoms with Crippen molar-refractivity contribution < 1.29 is 4.79 Å². The van der Waals surface area contributed by atoms with E-state index in [0.29, 0.717) is 18.3 Å². The number of aryl methyl sites for hydroxylation is 1. The molecule has 1 amide bonds. The molecule has 3 heterocycles. The van der Waals surface area contributed by atoms with E-state index in [0.717, 1.165) is 36.6 Å². The van der Waals surface area contributed by atoms with Gasteiger partial charge in [0.05, 0.1) is 29.5 Å². The van der Waals surface area contributed by atoms with Gasteiger partial charge in [-0.3, -0.25) is 4.79 Å². The predicted molar refractivity (Wildman–Crippen MR) is 79.2 cm³/mol. The van der Waals surface area contributed by atoms with E-state index in [4.69, 9.17) is 0 Å². The van der Waals surface area contributed by atoms with Gasteiger partial charge in [-0.15, -0.1) is 16.4 Å². The highest BCUT2D eigenvalue weighted by molar-refractivity contribution is 7.09. The van der Waals surface area contributed by atoms with Gasteiger partial charge in [0.2, 0.25) is 0 Å². The lowest BCUT2D eigenvalue weighted by molar-refractivity contribution is 0.0945. The van der Waals surface area contributed by atoms with Crippen molar-refractivity contribution in [2.24, 2.45) is 0 Å². The van der Waals surface area contributed by atoms with E-state index in [1.54, 1.807) is 17.5 Å². The molecule has 0 radical (unpaired) electrons. The summed E-state index contributed by atoms with van der Waals surface area (Å²) in [6.45, 7) is 4.33. The number of amides is 1. The van der Waals surface area contributed by atoms with Crippen molar-refractivity contribution in [2.75, 3.05) is 13.1 Å². The van der Waals surface area contributed by atoms with Gasteiger partial charge < -0.3 is 10.6 Å². The Morgan fingerprint density at radius 3 is 3.05 bits per heavy atom. The van der Waals surface area contributed by atoms with Gasteiger partial charge in [0, 0.05) is 5.38 Å². The smallest absolute Gasteiger partial charge is 0.273 e. The topological polar surface area (TPSA) is 84.7 Å². The molecule has 0 aromatic carbocycles. The van der Waals surface area contributed by atoms with Gasteiger partial charge in [-0.1, -0.05) is 5.21 Å². The van der Waals surface area contributed by atoms with Crippen molar-refractivity contribution >= 4 is 17.2 Å². The third-order valence-electron chi connectivity index (χ3n) is 3.52. The third kappa shape index (κ3) is 3.45. The van der Waals surface area contributed by atoms with Crippen LogP contribution in [-0.2, 0) is 6.54 Å². The van der Waals surface area contributed by atoms with Crippen LogP contribution in [0.5, 0.6) is 0 Å². The van der Waals surface area contributed by atoms with Gasteiger partial charge in [0.1, 0.15) is 0 Å². The maximum Gasteiger partial charge on any atom is 0.273 e. The molecule has 3 rings (SSSR count). The molecule has 2 N–H and O–H groups in total. The van der Waals surface area contributed by atoms with Gasteiger partial charge in [-0.05, 0) is 32.9 Å². The number of carbonyl (C=O) groups excluding carboxylic acids is 1. The normalized spacial score (nSPS) is 16.0. The van der Waals surface area contributed by atoms with Gasteiger partial charge in [-0.25, -0.2) is 9.67 Å². The first kappa shape index (κ1) is 14.2. The van der Waals surface area contributed by atoms with E-state index >= 15 is 0 Å². The van der Waals surface area contributed by atoms with Crippen molar-refractivity contribution in [2.45, 2.75) is 32.4 Å². The van der Waals surface area contributed by atoms with E-state index in [-0.39, 0.29) is 5.91 Å².